The van der Waals surface area contributed by atoms with Crippen molar-refractivity contribution in [2.75, 3.05) is 39.3 Å². The summed E-state index contributed by atoms with van der Waals surface area (Å²) in [5.41, 5.74) is 0.814. The van der Waals surface area contributed by atoms with E-state index in [9.17, 15) is 4.79 Å². The Morgan fingerprint density at radius 2 is 2.00 bits per heavy atom. The topological polar surface area (TPSA) is 88.0 Å². The van der Waals surface area contributed by atoms with Crippen molar-refractivity contribution in [2.24, 2.45) is 0 Å². The molecule has 0 radical (unpaired) electrons. The van der Waals surface area contributed by atoms with E-state index in [1.54, 1.807) is 12.1 Å². The SMILES string of the molecule is CCC(C(=O)NCCN1CCNCC1)n1nnc(-c2ccc(Cl)cc2)n1.Cl. The zero-order valence-electron chi connectivity index (χ0n) is 15.3. The van der Waals surface area contributed by atoms with E-state index >= 15 is 0 Å². The van der Waals surface area contributed by atoms with Crippen LogP contribution in [0.15, 0.2) is 24.3 Å². The zero-order chi connectivity index (χ0) is 18.4. The number of amides is 1. The van der Waals surface area contributed by atoms with Gasteiger partial charge in [-0.05, 0) is 35.9 Å². The van der Waals surface area contributed by atoms with Gasteiger partial charge in [-0.2, -0.15) is 4.80 Å². The molecule has 148 valence electrons. The zero-order valence-corrected chi connectivity index (χ0v) is 16.8. The van der Waals surface area contributed by atoms with Crippen LogP contribution in [-0.4, -0.2) is 70.3 Å². The third-order valence-electron chi connectivity index (χ3n) is 4.44. The average molecular weight is 414 g/mol. The molecule has 0 bridgehead atoms. The maximum atomic E-state index is 12.5. The van der Waals surface area contributed by atoms with Gasteiger partial charge in [-0.25, -0.2) is 0 Å². The largest absolute Gasteiger partial charge is 0.353 e. The summed E-state index contributed by atoms with van der Waals surface area (Å²) >= 11 is 5.90. The first-order valence-corrected chi connectivity index (χ1v) is 9.31. The maximum absolute atomic E-state index is 12.5. The van der Waals surface area contributed by atoms with Crippen molar-refractivity contribution in [3.63, 3.8) is 0 Å². The number of benzene rings is 1. The molecule has 10 heteroatoms. The number of halogens is 2. The van der Waals surface area contributed by atoms with Crippen molar-refractivity contribution in [3.8, 4) is 11.4 Å². The molecule has 1 aromatic carbocycles. The molecule has 0 aliphatic carbocycles. The highest BCUT2D eigenvalue weighted by molar-refractivity contribution is 6.30. The minimum Gasteiger partial charge on any atom is -0.353 e. The van der Waals surface area contributed by atoms with Crippen LogP contribution in [0.1, 0.15) is 19.4 Å². The van der Waals surface area contributed by atoms with E-state index in [-0.39, 0.29) is 18.3 Å². The molecule has 1 saturated heterocycles. The molecule has 1 unspecified atom stereocenters. The highest BCUT2D eigenvalue weighted by Gasteiger charge is 2.22. The van der Waals surface area contributed by atoms with E-state index in [1.807, 2.05) is 19.1 Å². The first kappa shape index (κ1) is 21.6. The van der Waals surface area contributed by atoms with Gasteiger partial charge in [-0.3, -0.25) is 9.69 Å². The van der Waals surface area contributed by atoms with E-state index in [0.717, 1.165) is 38.3 Å². The van der Waals surface area contributed by atoms with Crippen LogP contribution in [0.4, 0.5) is 0 Å². The first-order valence-electron chi connectivity index (χ1n) is 8.93. The van der Waals surface area contributed by atoms with Crippen LogP contribution in [0.5, 0.6) is 0 Å². The van der Waals surface area contributed by atoms with Gasteiger partial charge < -0.3 is 10.6 Å². The molecule has 2 heterocycles. The number of hydrogen-bond donors (Lipinski definition) is 2. The van der Waals surface area contributed by atoms with Crippen LogP contribution in [0.3, 0.4) is 0 Å². The summed E-state index contributed by atoms with van der Waals surface area (Å²) in [6.07, 6.45) is 0.593. The summed E-state index contributed by atoms with van der Waals surface area (Å²) in [6.45, 7) is 7.44. The van der Waals surface area contributed by atoms with Gasteiger partial charge in [0.2, 0.25) is 11.7 Å². The number of nitrogens with zero attached hydrogens (tertiary/aromatic N) is 5. The Balaban J connectivity index is 0.00000261. The molecule has 0 spiro atoms. The third-order valence-corrected chi connectivity index (χ3v) is 4.69. The standard InChI is InChI=1S/C17H24ClN7O.ClH/c1-2-15(17(26)20-9-12-24-10-7-19-8-11-24)25-22-16(21-23-25)13-3-5-14(18)6-4-13;/h3-6,15,19H,2,7-12H2,1H3,(H,20,26);1H. The van der Waals surface area contributed by atoms with Gasteiger partial charge in [-0.1, -0.05) is 18.5 Å². The number of hydrogen-bond acceptors (Lipinski definition) is 6. The first-order chi connectivity index (χ1) is 12.7. The Morgan fingerprint density at radius 3 is 2.67 bits per heavy atom. The number of carbonyl (C=O) groups excluding carboxylic acids is 1. The smallest absolute Gasteiger partial charge is 0.246 e. The fourth-order valence-electron chi connectivity index (χ4n) is 2.92. The van der Waals surface area contributed by atoms with Crippen molar-refractivity contribution < 1.29 is 4.79 Å². The molecule has 1 aliphatic heterocycles. The van der Waals surface area contributed by atoms with E-state index in [0.29, 0.717) is 23.8 Å². The summed E-state index contributed by atoms with van der Waals surface area (Å²) in [7, 11) is 0. The molecule has 1 fully saturated rings. The molecular formula is C17H25Cl2N7O. The normalized spacial score (nSPS) is 15.8. The van der Waals surface area contributed by atoms with Crippen LogP contribution in [0.25, 0.3) is 11.4 Å². The lowest BCUT2D eigenvalue weighted by Gasteiger charge is -2.27. The van der Waals surface area contributed by atoms with Crippen molar-refractivity contribution >= 4 is 29.9 Å². The Kier molecular flexibility index (Phi) is 8.43. The van der Waals surface area contributed by atoms with Gasteiger partial charge in [0.05, 0.1) is 0 Å². The van der Waals surface area contributed by atoms with Crippen molar-refractivity contribution in [1.29, 1.82) is 0 Å². The number of carbonyl (C=O) groups is 1. The van der Waals surface area contributed by atoms with Crippen LogP contribution >= 0.6 is 24.0 Å². The third kappa shape index (κ3) is 5.87. The van der Waals surface area contributed by atoms with E-state index in [4.69, 9.17) is 11.6 Å². The molecule has 2 aromatic rings. The summed E-state index contributed by atoms with van der Waals surface area (Å²) in [6, 6.07) is 6.75. The number of rotatable bonds is 7. The van der Waals surface area contributed by atoms with Crippen LogP contribution < -0.4 is 10.6 Å². The fraction of sp³-hybridized carbons (Fsp3) is 0.529. The lowest BCUT2D eigenvalue weighted by atomic mass is 10.2. The van der Waals surface area contributed by atoms with Gasteiger partial charge in [0, 0.05) is 49.9 Å². The molecule has 1 aromatic heterocycles. The van der Waals surface area contributed by atoms with Crippen molar-refractivity contribution in [2.45, 2.75) is 19.4 Å². The van der Waals surface area contributed by atoms with Crippen LogP contribution in [0, 0.1) is 0 Å². The number of piperazine rings is 1. The number of aromatic nitrogens is 4. The quantitative estimate of drug-likeness (QED) is 0.712. The molecule has 2 N–H and O–H groups in total. The molecule has 3 rings (SSSR count). The van der Waals surface area contributed by atoms with Gasteiger partial charge in [0.1, 0.15) is 0 Å². The molecule has 0 saturated carbocycles. The maximum Gasteiger partial charge on any atom is 0.246 e. The van der Waals surface area contributed by atoms with Gasteiger partial charge in [0.15, 0.2) is 6.04 Å². The lowest BCUT2D eigenvalue weighted by molar-refractivity contribution is -0.125. The van der Waals surface area contributed by atoms with Crippen LogP contribution in [-0.2, 0) is 4.79 Å². The minimum absolute atomic E-state index is 0. The molecule has 8 nitrogen and oxygen atoms in total. The summed E-state index contributed by atoms with van der Waals surface area (Å²) in [5, 5.41) is 19.5. The van der Waals surface area contributed by atoms with E-state index in [2.05, 4.69) is 30.9 Å². The fourth-order valence-corrected chi connectivity index (χ4v) is 3.04. The van der Waals surface area contributed by atoms with Crippen LogP contribution in [0.2, 0.25) is 5.02 Å². The Hall–Kier alpha value is -1.74. The predicted molar refractivity (Wildman–Crippen MR) is 107 cm³/mol. The lowest BCUT2D eigenvalue weighted by Crippen LogP contribution is -2.46. The molecule has 27 heavy (non-hydrogen) atoms. The van der Waals surface area contributed by atoms with Gasteiger partial charge in [-0.15, -0.1) is 22.6 Å². The molecule has 1 atom stereocenters. The molecule has 1 aliphatic rings. The average Bonchev–Trinajstić information content (AvgIpc) is 3.13. The Bertz CT molecular complexity index is 716. The van der Waals surface area contributed by atoms with Gasteiger partial charge in [0.25, 0.3) is 0 Å². The van der Waals surface area contributed by atoms with Gasteiger partial charge >= 0.3 is 0 Å². The molecular weight excluding hydrogens is 389 g/mol. The molecule has 1 amide bonds. The van der Waals surface area contributed by atoms with E-state index < -0.39 is 6.04 Å². The Morgan fingerprint density at radius 1 is 1.30 bits per heavy atom. The highest BCUT2D eigenvalue weighted by Crippen LogP contribution is 2.18. The van der Waals surface area contributed by atoms with Crippen molar-refractivity contribution in [1.82, 2.24) is 35.7 Å². The second-order valence-corrected chi connectivity index (χ2v) is 6.68. The number of tetrazole rings is 1. The summed E-state index contributed by atoms with van der Waals surface area (Å²) < 4.78 is 0. The minimum atomic E-state index is -0.466. The van der Waals surface area contributed by atoms with E-state index in [1.165, 1.54) is 4.80 Å². The monoisotopic (exact) mass is 413 g/mol. The summed E-state index contributed by atoms with van der Waals surface area (Å²) in [4.78, 5) is 16.2. The number of nitrogens with one attached hydrogen (secondary N) is 2. The second kappa shape index (κ2) is 10.6. The highest BCUT2D eigenvalue weighted by atomic mass is 35.5. The Labute approximate surface area is 170 Å². The predicted octanol–water partition coefficient (Wildman–Crippen LogP) is 1.39. The summed E-state index contributed by atoms with van der Waals surface area (Å²) in [5.74, 6) is 0.399. The second-order valence-electron chi connectivity index (χ2n) is 6.25. The van der Waals surface area contributed by atoms with Crippen molar-refractivity contribution in [3.05, 3.63) is 29.3 Å².